The summed E-state index contributed by atoms with van der Waals surface area (Å²) in [4.78, 5) is 32.4. The molecule has 7 nitrogen and oxygen atoms in total. The minimum atomic E-state index is -0.265. The number of anilines is 2. The lowest BCUT2D eigenvalue weighted by atomic mass is 10.1. The van der Waals surface area contributed by atoms with Crippen LogP contribution in [-0.4, -0.2) is 54.7 Å². The first-order valence-corrected chi connectivity index (χ1v) is 9.49. The summed E-state index contributed by atoms with van der Waals surface area (Å²) in [6.45, 7) is 8.79. The van der Waals surface area contributed by atoms with Crippen molar-refractivity contribution in [2.45, 2.75) is 20.8 Å². The largest absolute Gasteiger partial charge is 0.450 e. The molecule has 0 bridgehead atoms. The molecule has 2 amide bonds. The van der Waals surface area contributed by atoms with Crippen LogP contribution in [0, 0.1) is 13.8 Å². The van der Waals surface area contributed by atoms with Crippen LogP contribution in [0.15, 0.2) is 36.5 Å². The van der Waals surface area contributed by atoms with E-state index in [0.29, 0.717) is 38.5 Å². The Kier molecular flexibility index (Phi) is 6.13. The zero-order chi connectivity index (χ0) is 20.1. The normalized spacial score (nSPS) is 14.0. The fourth-order valence-electron chi connectivity index (χ4n) is 3.21. The fraction of sp³-hybridized carbons (Fsp3) is 0.381. The highest BCUT2D eigenvalue weighted by Gasteiger charge is 2.22. The number of ether oxygens (including phenoxy) is 1. The minimum Gasteiger partial charge on any atom is -0.450 e. The van der Waals surface area contributed by atoms with Gasteiger partial charge in [-0.1, -0.05) is 17.7 Å². The van der Waals surface area contributed by atoms with Gasteiger partial charge in [0.25, 0.3) is 5.91 Å². The molecule has 7 heteroatoms. The third-order valence-corrected chi connectivity index (χ3v) is 4.78. The molecule has 0 unspecified atom stereocenters. The van der Waals surface area contributed by atoms with Gasteiger partial charge in [0.15, 0.2) is 0 Å². The smallest absolute Gasteiger partial charge is 0.409 e. The lowest BCUT2D eigenvalue weighted by Crippen LogP contribution is -2.49. The topological polar surface area (TPSA) is 74.8 Å². The van der Waals surface area contributed by atoms with E-state index < -0.39 is 0 Å². The standard InChI is InChI=1S/C21H26N4O3/c1-4-28-21(27)25-11-9-24(10-12-25)17-6-8-19(22-14-17)20(26)23-18-7-5-15(2)13-16(18)3/h5-8,13-14H,4,9-12H2,1-3H3,(H,23,26). The van der Waals surface area contributed by atoms with E-state index in [1.165, 1.54) is 0 Å². The molecule has 1 aromatic heterocycles. The van der Waals surface area contributed by atoms with E-state index in [1.807, 2.05) is 38.1 Å². The summed E-state index contributed by atoms with van der Waals surface area (Å²) < 4.78 is 5.04. The van der Waals surface area contributed by atoms with Crippen LogP contribution in [0.3, 0.4) is 0 Å². The lowest BCUT2D eigenvalue weighted by molar-refractivity contribution is 0.101. The molecule has 148 valence electrons. The zero-order valence-corrected chi connectivity index (χ0v) is 16.6. The molecule has 1 aliphatic heterocycles. The number of nitrogens with zero attached hydrogens (tertiary/aromatic N) is 3. The molecular weight excluding hydrogens is 356 g/mol. The van der Waals surface area contributed by atoms with Crippen LogP contribution < -0.4 is 10.2 Å². The number of hydrogen-bond acceptors (Lipinski definition) is 5. The minimum absolute atomic E-state index is 0.231. The molecular formula is C21H26N4O3. The van der Waals surface area contributed by atoms with Gasteiger partial charge in [-0.15, -0.1) is 0 Å². The predicted molar refractivity (Wildman–Crippen MR) is 109 cm³/mol. The van der Waals surface area contributed by atoms with Gasteiger partial charge in [0, 0.05) is 31.9 Å². The number of rotatable bonds is 4. The first kappa shape index (κ1) is 19.7. The molecule has 1 aromatic carbocycles. The third kappa shape index (κ3) is 4.60. The van der Waals surface area contributed by atoms with Crippen molar-refractivity contribution in [2.75, 3.05) is 43.0 Å². The second kappa shape index (κ2) is 8.73. The van der Waals surface area contributed by atoms with Crippen molar-refractivity contribution in [3.05, 3.63) is 53.3 Å². The Hall–Kier alpha value is -3.09. The number of aromatic nitrogens is 1. The third-order valence-electron chi connectivity index (χ3n) is 4.78. The average molecular weight is 382 g/mol. The molecule has 0 spiro atoms. The highest BCUT2D eigenvalue weighted by Crippen LogP contribution is 2.19. The Bertz CT molecular complexity index is 843. The van der Waals surface area contributed by atoms with E-state index in [4.69, 9.17) is 4.74 Å². The second-order valence-electron chi connectivity index (χ2n) is 6.85. The summed E-state index contributed by atoms with van der Waals surface area (Å²) in [5.74, 6) is -0.231. The second-order valence-corrected chi connectivity index (χ2v) is 6.85. The number of amides is 2. The number of carbonyl (C=O) groups is 2. The van der Waals surface area contributed by atoms with Crippen LogP contribution in [-0.2, 0) is 4.74 Å². The van der Waals surface area contributed by atoms with Gasteiger partial charge in [0.1, 0.15) is 5.69 Å². The summed E-state index contributed by atoms with van der Waals surface area (Å²) in [5, 5.41) is 2.91. The summed E-state index contributed by atoms with van der Waals surface area (Å²) >= 11 is 0. The van der Waals surface area contributed by atoms with E-state index in [9.17, 15) is 9.59 Å². The van der Waals surface area contributed by atoms with Crippen LogP contribution in [0.25, 0.3) is 0 Å². The van der Waals surface area contributed by atoms with Crippen molar-refractivity contribution in [1.29, 1.82) is 0 Å². The number of carbonyl (C=O) groups excluding carboxylic acids is 2. The number of hydrogen-bond donors (Lipinski definition) is 1. The van der Waals surface area contributed by atoms with Crippen molar-refractivity contribution < 1.29 is 14.3 Å². The van der Waals surface area contributed by atoms with Crippen LogP contribution in [0.1, 0.15) is 28.5 Å². The molecule has 1 aliphatic rings. The summed E-state index contributed by atoms with van der Waals surface area (Å²) in [6.07, 6.45) is 1.44. The quantitative estimate of drug-likeness (QED) is 0.879. The van der Waals surface area contributed by atoms with Gasteiger partial charge in [-0.2, -0.15) is 0 Å². The van der Waals surface area contributed by atoms with E-state index >= 15 is 0 Å². The van der Waals surface area contributed by atoms with Crippen LogP contribution in [0.4, 0.5) is 16.2 Å². The number of piperazine rings is 1. The number of benzene rings is 1. The molecule has 0 aliphatic carbocycles. The Labute approximate surface area is 165 Å². The molecule has 0 radical (unpaired) electrons. The molecule has 1 saturated heterocycles. The average Bonchev–Trinajstić information content (AvgIpc) is 2.70. The van der Waals surface area contributed by atoms with Crippen molar-refractivity contribution in [3.63, 3.8) is 0 Å². The van der Waals surface area contributed by atoms with Crippen LogP contribution in [0.2, 0.25) is 0 Å². The molecule has 3 rings (SSSR count). The Morgan fingerprint density at radius 3 is 2.46 bits per heavy atom. The molecule has 2 aromatic rings. The molecule has 2 heterocycles. The van der Waals surface area contributed by atoms with Gasteiger partial charge < -0.3 is 19.9 Å². The maximum absolute atomic E-state index is 12.5. The Morgan fingerprint density at radius 1 is 1.11 bits per heavy atom. The molecule has 28 heavy (non-hydrogen) atoms. The van der Waals surface area contributed by atoms with Crippen molar-refractivity contribution in [1.82, 2.24) is 9.88 Å². The number of nitrogens with one attached hydrogen (secondary N) is 1. The monoisotopic (exact) mass is 382 g/mol. The van der Waals surface area contributed by atoms with E-state index in [1.54, 1.807) is 24.1 Å². The van der Waals surface area contributed by atoms with Gasteiger partial charge in [0.2, 0.25) is 0 Å². The maximum atomic E-state index is 12.5. The SMILES string of the molecule is CCOC(=O)N1CCN(c2ccc(C(=O)Nc3ccc(C)cc3C)nc2)CC1. The summed E-state index contributed by atoms with van der Waals surface area (Å²) in [7, 11) is 0. The van der Waals surface area contributed by atoms with E-state index in [0.717, 1.165) is 22.5 Å². The highest BCUT2D eigenvalue weighted by molar-refractivity contribution is 6.03. The van der Waals surface area contributed by atoms with Crippen LogP contribution >= 0.6 is 0 Å². The van der Waals surface area contributed by atoms with Crippen molar-refractivity contribution in [2.24, 2.45) is 0 Å². The van der Waals surface area contributed by atoms with Gasteiger partial charge in [0.05, 0.1) is 18.5 Å². The predicted octanol–water partition coefficient (Wildman–Crippen LogP) is 3.23. The summed E-state index contributed by atoms with van der Waals surface area (Å²) in [5.41, 5.74) is 4.27. The number of pyridine rings is 1. The van der Waals surface area contributed by atoms with Gasteiger partial charge in [-0.3, -0.25) is 4.79 Å². The van der Waals surface area contributed by atoms with E-state index in [-0.39, 0.29) is 12.0 Å². The van der Waals surface area contributed by atoms with Crippen molar-refractivity contribution >= 4 is 23.4 Å². The number of aryl methyl sites for hydroxylation is 2. The highest BCUT2D eigenvalue weighted by atomic mass is 16.6. The first-order valence-electron chi connectivity index (χ1n) is 9.49. The van der Waals surface area contributed by atoms with Gasteiger partial charge in [-0.05, 0) is 44.5 Å². The zero-order valence-electron chi connectivity index (χ0n) is 16.6. The lowest BCUT2D eigenvalue weighted by Gasteiger charge is -2.35. The van der Waals surface area contributed by atoms with Gasteiger partial charge in [-0.25, -0.2) is 9.78 Å². The Morgan fingerprint density at radius 2 is 1.86 bits per heavy atom. The molecule has 1 N–H and O–H groups in total. The van der Waals surface area contributed by atoms with Crippen molar-refractivity contribution in [3.8, 4) is 0 Å². The maximum Gasteiger partial charge on any atom is 0.409 e. The van der Waals surface area contributed by atoms with E-state index in [2.05, 4.69) is 15.2 Å². The van der Waals surface area contributed by atoms with Crippen LogP contribution in [0.5, 0.6) is 0 Å². The molecule has 1 fully saturated rings. The summed E-state index contributed by atoms with van der Waals surface area (Å²) in [6, 6.07) is 9.52. The first-order chi connectivity index (χ1) is 13.5. The molecule has 0 atom stereocenters. The van der Waals surface area contributed by atoms with Gasteiger partial charge >= 0.3 is 6.09 Å². The fourth-order valence-corrected chi connectivity index (χ4v) is 3.21. The molecule has 0 saturated carbocycles. The Balaban J connectivity index is 1.59.